The zero-order valence-electron chi connectivity index (χ0n) is 14.4. The zero-order valence-corrected chi connectivity index (χ0v) is 14.4. The summed E-state index contributed by atoms with van der Waals surface area (Å²) in [4.78, 5) is 50.7. The van der Waals surface area contributed by atoms with Gasteiger partial charge in [0.25, 0.3) is 5.91 Å². The number of ether oxygens (including phenoxy) is 2. The number of hydrogen-bond donors (Lipinski definition) is 1. The first-order valence-corrected chi connectivity index (χ1v) is 7.93. The molecule has 2 heterocycles. The van der Waals surface area contributed by atoms with Gasteiger partial charge in [-0.05, 0) is 33.6 Å². The molecule has 2 saturated heterocycles. The lowest BCUT2D eigenvalue weighted by Gasteiger charge is -2.42. The third-order valence-corrected chi connectivity index (χ3v) is 3.97. The molecule has 9 heteroatoms. The number of hydrogen-bond acceptors (Lipinski definition) is 6. The summed E-state index contributed by atoms with van der Waals surface area (Å²) in [5.74, 6) is -2.16. The van der Waals surface area contributed by atoms with Gasteiger partial charge in [-0.3, -0.25) is 9.69 Å². The van der Waals surface area contributed by atoms with E-state index >= 15 is 0 Å². The van der Waals surface area contributed by atoms with Crippen molar-refractivity contribution in [1.82, 2.24) is 9.80 Å². The number of likely N-dealkylation sites (tertiary alicyclic amines) is 1. The fraction of sp³-hybridized carbons (Fsp3) is 0.625. The van der Waals surface area contributed by atoms with Crippen LogP contribution >= 0.6 is 0 Å². The van der Waals surface area contributed by atoms with Crippen LogP contribution in [0.3, 0.4) is 0 Å². The third kappa shape index (κ3) is 3.59. The van der Waals surface area contributed by atoms with E-state index in [1.54, 1.807) is 20.8 Å². The summed E-state index contributed by atoms with van der Waals surface area (Å²) in [7, 11) is 0. The average molecular weight is 354 g/mol. The first-order valence-electron chi connectivity index (χ1n) is 7.93. The number of aliphatic carboxylic acids is 1. The van der Waals surface area contributed by atoms with Crippen molar-refractivity contribution < 1.29 is 33.8 Å². The summed E-state index contributed by atoms with van der Waals surface area (Å²) >= 11 is 0. The Labute approximate surface area is 145 Å². The Bertz CT molecular complexity index is 610. The molecule has 0 spiro atoms. The van der Waals surface area contributed by atoms with Crippen LogP contribution in [0.2, 0.25) is 0 Å². The minimum Gasteiger partial charge on any atom is -0.480 e. The second kappa shape index (κ2) is 6.73. The summed E-state index contributed by atoms with van der Waals surface area (Å²) in [6.45, 7) is 8.26. The van der Waals surface area contributed by atoms with Gasteiger partial charge in [0.2, 0.25) is 0 Å². The molecule has 2 aliphatic heterocycles. The Morgan fingerprint density at radius 3 is 2.44 bits per heavy atom. The zero-order chi connectivity index (χ0) is 18.9. The quantitative estimate of drug-likeness (QED) is 0.761. The highest BCUT2D eigenvalue weighted by atomic mass is 16.6. The van der Waals surface area contributed by atoms with Crippen molar-refractivity contribution >= 4 is 24.1 Å². The molecule has 2 bridgehead atoms. The van der Waals surface area contributed by atoms with Gasteiger partial charge in [-0.25, -0.2) is 19.3 Å². The van der Waals surface area contributed by atoms with Crippen LogP contribution in [0.1, 0.15) is 33.6 Å². The fourth-order valence-electron chi connectivity index (χ4n) is 3.12. The normalized spacial score (nSPS) is 25.6. The second-order valence-electron chi connectivity index (χ2n) is 6.91. The maximum absolute atomic E-state index is 12.7. The van der Waals surface area contributed by atoms with Crippen LogP contribution < -0.4 is 0 Å². The molecule has 3 amide bonds. The van der Waals surface area contributed by atoms with E-state index in [2.05, 4.69) is 6.58 Å². The number of rotatable bonds is 3. The standard InChI is InChI=1S/C16H22N2O7/c1-5-8-24-14(22)18-11(13(20)21)9-6-7-10(12(18)19)17(9)15(23)25-16(2,3)4/h5,9-11H,1,6-8H2,2-4H3,(H,20,21). The van der Waals surface area contributed by atoms with Crippen LogP contribution in [0.25, 0.3) is 0 Å². The lowest BCUT2D eigenvalue weighted by molar-refractivity contribution is -0.157. The highest BCUT2D eigenvalue weighted by Crippen LogP contribution is 2.36. The second-order valence-corrected chi connectivity index (χ2v) is 6.91. The van der Waals surface area contributed by atoms with Crippen LogP contribution in [0.15, 0.2) is 12.7 Å². The Morgan fingerprint density at radius 2 is 1.92 bits per heavy atom. The highest BCUT2D eigenvalue weighted by Gasteiger charge is 2.58. The molecule has 2 aliphatic rings. The van der Waals surface area contributed by atoms with Crippen molar-refractivity contribution in [1.29, 1.82) is 0 Å². The van der Waals surface area contributed by atoms with Gasteiger partial charge >= 0.3 is 18.2 Å². The molecule has 0 saturated carbocycles. The molecular weight excluding hydrogens is 332 g/mol. The number of carboxylic acid groups (broad SMARTS) is 1. The maximum Gasteiger partial charge on any atom is 0.417 e. The molecule has 0 aromatic heterocycles. The Kier molecular flexibility index (Phi) is 5.05. The number of amides is 3. The molecule has 0 aliphatic carbocycles. The minimum absolute atomic E-state index is 0.153. The van der Waals surface area contributed by atoms with Crippen LogP contribution in [-0.2, 0) is 19.1 Å². The number of carbonyl (C=O) groups excluding carboxylic acids is 3. The van der Waals surface area contributed by atoms with E-state index < -0.39 is 47.8 Å². The Morgan fingerprint density at radius 1 is 1.28 bits per heavy atom. The molecule has 3 atom stereocenters. The van der Waals surface area contributed by atoms with Crippen molar-refractivity contribution in [3.8, 4) is 0 Å². The predicted molar refractivity (Wildman–Crippen MR) is 84.7 cm³/mol. The summed E-state index contributed by atoms with van der Waals surface area (Å²) in [6, 6.07) is -3.31. The number of fused-ring (bicyclic) bond motifs is 2. The van der Waals surface area contributed by atoms with Gasteiger partial charge in [-0.1, -0.05) is 12.7 Å². The van der Waals surface area contributed by atoms with Gasteiger partial charge in [-0.15, -0.1) is 0 Å². The van der Waals surface area contributed by atoms with Crippen molar-refractivity contribution in [3.63, 3.8) is 0 Å². The van der Waals surface area contributed by atoms with Crippen LogP contribution in [-0.4, -0.2) is 69.3 Å². The minimum atomic E-state index is -1.52. The van der Waals surface area contributed by atoms with Gasteiger partial charge in [0.15, 0.2) is 6.04 Å². The van der Waals surface area contributed by atoms with Gasteiger partial charge in [0.05, 0.1) is 6.04 Å². The molecule has 3 unspecified atom stereocenters. The monoisotopic (exact) mass is 354 g/mol. The largest absolute Gasteiger partial charge is 0.480 e. The number of carbonyl (C=O) groups is 4. The predicted octanol–water partition coefficient (Wildman–Crippen LogP) is 1.37. The molecule has 0 aromatic rings. The molecule has 2 rings (SSSR count). The fourth-order valence-corrected chi connectivity index (χ4v) is 3.12. The number of carboxylic acids is 1. The molecular formula is C16H22N2O7. The van der Waals surface area contributed by atoms with E-state index in [1.165, 1.54) is 6.08 Å². The smallest absolute Gasteiger partial charge is 0.417 e. The SMILES string of the molecule is C=CCOC(=O)N1C(=O)C2CCC(C1C(=O)O)N2C(=O)OC(C)(C)C. The molecule has 9 nitrogen and oxygen atoms in total. The molecule has 0 radical (unpaired) electrons. The van der Waals surface area contributed by atoms with Gasteiger partial charge in [0.1, 0.15) is 18.2 Å². The Balaban J connectivity index is 2.33. The number of imide groups is 1. The molecule has 2 fully saturated rings. The summed E-state index contributed by atoms with van der Waals surface area (Å²) in [5, 5.41) is 9.55. The van der Waals surface area contributed by atoms with E-state index in [4.69, 9.17) is 9.47 Å². The topological polar surface area (TPSA) is 113 Å². The van der Waals surface area contributed by atoms with E-state index in [0.717, 1.165) is 4.90 Å². The van der Waals surface area contributed by atoms with Crippen molar-refractivity contribution in [2.24, 2.45) is 0 Å². The number of nitrogens with zero attached hydrogens (tertiary/aromatic N) is 2. The van der Waals surface area contributed by atoms with E-state index in [0.29, 0.717) is 4.90 Å². The highest BCUT2D eigenvalue weighted by molar-refractivity contribution is 6.02. The Hall–Kier alpha value is -2.58. The summed E-state index contributed by atoms with van der Waals surface area (Å²) in [5.41, 5.74) is -0.793. The van der Waals surface area contributed by atoms with Crippen molar-refractivity contribution in [2.45, 2.75) is 57.3 Å². The first-order chi connectivity index (χ1) is 11.6. The van der Waals surface area contributed by atoms with Crippen molar-refractivity contribution in [2.75, 3.05) is 6.61 Å². The van der Waals surface area contributed by atoms with Crippen molar-refractivity contribution in [3.05, 3.63) is 12.7 Å². The van der Waals surface area contributed by atoms with E-state index in [1.807, 2.05) is 0 Å². The average Bonchev–Trinajstić information content (AvgIpc) is 2.85. The molecule has 138 valence electrons. The molecule has 25 heavy (non-hydrogen) atoms. The molecule has 1 N–H and O–H groups in total. The van der Waals surface area contributed by atoms with E-state index in [9.17, 15) is 24.3 Å². The number of piperazine rings is 1. The molecule has 0 aromatic carbocycles. The van der Waals surface area contributed by atoms with Gasteiger partial charge in [0, 0.05) is 0 Å². The van der Waals surface area contributed by atoms with Gasteiger partial charge < -0.3 is 14.6 Å². The lowest BCUT2D eigenvalue weighted by atomic mass is 10.0. The summed E-state index contributed by atoms with van der Waals surface area (Å²) < 4.78 is 10.1. The lowest BCUT2D eigenvalue weighted by Crippen LogP contribution is -2.67. The van der Waals surface area contributed by atoms with E-state index in [-0.39, 0.29) is 19.4 Å². The van der Waals surface area contributed by atoms with Crippen LogP contribution in [0.5, 0.6) is 0 Å². The maximum atomic E-state index is 12.7. The van der Waals surface area contributed by atoms with Gasteiger partial charge in [-0.2, -0.15) is 0 Å². The van der Waals surface area contributed by atoms with Crippen LogP contribution in [0, 0.1) is 0 Å². The first kappa shape index (κ1) is 18.8. The van der Waals surface area contributed by atoms with Crippen LogP contribution in [0.4, 0.5) is 9.59 Å². The third-order valence-electron chi connectivity index (χ3n) is 3.97. The summed E-state index contributed by atoms with van der Waals surface area (Å²) in [6.07, 6.45) is 0.0241.